The quantitative estimate of drug-likeness (QED) is 0.515. The fraction of sp³-hybridized carbons (Fsp3) is 0.615. The van der Waals surface area contributed by atoms with Crippen molar-refractivity contribution in [2.24, 2.45) is 5.41 Å². The molecule has 208 valence electrons. The molecule has 2 amide bonds. The third-order valence-corrected chi connectivity index (χ3v) is 9.01. The van der Waals surface area contributed by atoms with Gasteiger partial charge in [-0.2, -0.15) is 0 Å². The molecule has 2 N–H and O–H groups in total. The highest BCUT2D eigenvalue weighted by molar-refractivity contribution is 7.89. The molecular weight excluding hydrogens is 508 g/mol. The van der Waals surface area contributed by atoms with Crippen molar-refractivity contribution < 1.29 is 23.1 Å². The van der Waals surface area contributed by atoms with Crippen molar-refractivity contribution in [3.63, 3.8) is 0 Å². The monoisotopic (exact) mass is 546 g/mol. The molecule has 1 unspecified atom stereocenters. The minimum atomic E-state index is -3.63. The predicted molar refractivity (Wildman–Crippen MR) is 140 cm³/mol. The highest BCUT2D eigenvalue weighted by atomic mass is 32.2. The van der Waals surface area contributed by atoms with Crippen molar-refractivity contribution >= 4 is 21.8 Å². The van der Waals surface area contributed by atoms with Gasteiger partial charge in [-0.25, -0.2) is 17.4 Å². The van der Waals surface area contributed by atoms with Crippen LogP contribution >= 0.6 is 0 Å². The zero-order valence-corrected chi connectivity index (χ0v) is 23.6. The number of nitrogens with zero attached hydrogens (tertiary/aromatic N) is 5. The number of aromatic nitrogens is 3. The molecule has 1 aromatic heterocycles. The molecule has 0 spiro atoms. The predicted octanol–water partition coefficient (Wildman–Crippen LogP) is 1.83. The number of carbonyl (C=O) groups excluding carboxylic acids is 2. The van der Waals surface area contributed by atoms with Crippen LogP contribution in [0.1, 0.15) is 76.2 Å². The number of β-amino-alcohol motifs (C(OH)–C–C–N with tert-alkyl or cyclic N) is 1. The van der Waals surface area contributed by atoms with Crippen molar-refractivity contribution in [3.05, 3.63) is 41.7 Å². The second-order valence-electron chi connectivity index (χ2n) is 11.7. The third-order valence-electron chi connectivity index (χ3n) is 7.20. The van der Waals surface area contributed by atoms with Gasteiger partial charge in [-0.05, 0) is 42.9 Å². The first kappa shape index (κ1) is 28.2. The number of aliphatic hydroxyl groups is 1. The molecule has 1 saturated heterocycles. The van der Waals surface area contributed by atoms with Crippen LogP contribution in [-0.4, -0.2) is 82.3 Å². The standard InChI is InChI=1S/C26H38N6O5S/c1-16(18-8-7-9-20(12-18)38(36,37)30(5)6)27-24(34)22-13-19(33)14-31(22)25(35)23(26(2,3)4)32-15-21(28-29-32)17-10-11-17/h7-9,12,15-17,19,22-23,33H,10-11,13-14H2,1-6H3,(H,27,34)/t16?,19-,22+,23-/m1/s1. The number of hydrogen-bond donors (Lipinski definition) is 2. The van der Waals surface area contributed by atoms with E-state index in [0.29, 0.717) is 11.5 Å². The van der Waals surface area contributed by atoms with Crippen LogP contribution in [0.3, 0.4) is 0 Å². The molecular formula is C26H38N6O5S. The molecule has 1 aromatic carbocycles. The molecule has 1 aliphatic carbocycles. The summed E-state index contributed by atoms with van der Waals surface area (Å²) in [4.78, 5) is 28.9. The maximum atomic E-state index is 13.9. The Hall–Kier alpha value is -2.83. The highest BCUT2D eigenvalue weighted by Crippen LogP contribution is 2.40. The minimum Gasteiger partial charge on any atom is -0.391 e. The molecule has 2 aliphatic rings. The van der Waals surface area contributed by atoms with E-state index < -0.39 is 45.6 Å². The lowest BCUT2D eigenvalue weighted by molar-refractivity contribution is -0.144. The van der Waals surface area contributed by atoms with Gasteiger partial charge < -0.3 is 15.3 Å². The fourth-order valence-corrected chi connectivity index (χ4v) is 5.83. The third kappa shape index (κ3) is 5.76. The lowest BCUT2D eigenvalue weighted by atomic mass is 9.85. The lowest BCUT2D eigenvalue weighted by Gasteiger charge is -2.34. The van der Waals surface area contributed by atoms with Gasteiger partial charge in [0.2, 0.25) is 21.8 Å². The average Bonchev–Trinajstić information content (AvgIpc) is 3.44. The summed E-state index contributed by atoms with van der Waals surface area (Å²) in [6.07, 6.45) is 3.23. The molecule has 2 heterocycles. The van der Waals surface area contributed by atoms with Crippen LogP contribution < -0.4 is 5.32 Å². The zero-order valence-electron chi connectivity index (χ0n) is 22.8. The molecule has 4 rings (SSSR count). The van der Waals surface area contributed by atoms with Crippen molar-refractivity contribution in [1.29, 1.82) is 0 Å². The molecule has 38 heavy (non-hydrogen) atoms. The van der Waals surface area contributed by atoms with Crippen LogP contribution in [0.15, 0.2) is 35.4 Å². The van der Waals surface area contributed by atoms with E-state index in [1.54, 1.807) is 23.7 Å². The summed E-state index contributed by atoms with van der Waals surface area (Å²) in [6.45, 7) is 7.60. The summed E-state index contributed by atoms with van der Waals surface area (Å²) < 4.78 is 27.8. The van der Waals surface area contributed by atoms with E-state index in [0.717, 1.165) is 22.8 Å². The number of nitrogens with one attached hydrogen (secondary N) is 1. The first-order chi connectivity index (χ1) is 17.7. The van der Waals surface area contributed by atoms with Crippen molar-refractivity contribution in [2.45, 2.75) is 82.0 Å². The summed E-state index contributed by atoms with van der Waals surface area (Å²) >= 11 is 0. The molecule has 12 heteroatoms. The Kier molecular flexibility index (Phi) is 7.70. The van der Waals surface area contributed by atoms with E-state index in [1.807, 2.05) is 27.0 Å². The molecule has 1 saturated carbocycles. The van der Waals surface area contributed by atoms with Crippen LogP contribution in [0.4, 0.5) is 0 Å². The molecule has 0 radical (unpaired) electrons. The van der Waals surface area contributed by atoms with E-state index in [1.165, 1.54) is 31.1 Å². The number of sulfonamides is 1. The van der Waals surface area contributed by atoms with Gasteiger partial charge in [0.25, 0.3) is 0 Å². The van der Waals surface area contributed by atoms with Crippen molar-refractivity contribution in [1.82, 2.24) is 29.5 Å². The summed E-state index contributed by atoms with van der Waals surface area (Å²) in [5.41, 5.74) is 0.960. The molecule has 2 fully saturated rings. The van der Waals surface area contributed by atoms with Gasteiger partial charge in [0, 0.05) is 39.2 Å². The molecule has 0 bridgehead atoms. The average molecular weight is 547 g/mol. The molecule has 1 aliphatic heterocycles. The highest BCUT2D eigenvalue weighted by Gasteiger charge is 2.45. The number of hydrogen-bond acceptors (Lipinski definition) is 7. The Morgan fingerprint density at radius 3 is 2.50 bits per heavy atom. The Morgan fingerprint density at radius 1 is 1.21 bits per heavy atom. The smallest absolute Gasteiger partial charge is 0.248 e. The zero-order chi connectivity index (χ0) is 28.0. The van der Waals surface area contributed by atoms with Crippen molar-refractivity contribution in [3.8, 4) is 0 Å². The van der Waals surface area contributed by atoms with Gasteiger partial charge in [-0.1, -0.05) is 38.1 Å². The number of rotatable bonds is 8. The number of benzene rings is 1. The van der Waals surface area contributed by atoms with Crippen LogP contribution in [0.2, 0.25) is 0 Å². The Morgan fingerprint density at radius 2 is 1.89 bits per heavy atom. The summed E-state index contributed by atoms with van der Waals surface area (Å²) in [7, 11) is -0.714. The normalized spacial score (nSPS) is 21.9. The van der Waals surface area contributed by atoms with Crippen molar-refractivity contribution in [2.75, 3.05) is 20.6 Å². The lowest BCUT2D eigenvalue weighted by Crippen LogP contribution is -2.50. The van der Waals surface area contributed by atoms with Gasteiger partial charge in [0.1, 0.15) is 12.1 Å². The molecule has 4 atom stereocenters. The van der Waals surface area contributed by atoms with E-state index in [9.17, 15) is 23.1 Å². The van der Waals surface area contributed by atoms with Gasteiger partial charge in [-0.15, -0.1) is 5.10 Å². The molecule has 11 nitrogen and oxygen atoms in total. The second-order valence-corrected chi connectivity index (χ2v) is 13.8. The minimum absolute atomic E-state index is 0.0403. The van der Waals surface area contributed by atoms with Crippen LogP contribution in [-0.2, 0) is 19.6 Å². The largest absolute Gasteiger partial charge is 0.391 e. The summed E-state index contributed by atoms with van der Waals surface area (Å²) in [5.74, 6) is -0.319. The summed E-state index contributed by atoms with van der Waals surface area (Å²) in [5, 5.41) is 21.9. The Bertz CT molecular complexity index is 1300. The number of amides is 2. The number of aliphatic hydroxyl groups excluding tert-OH is 1. The number of likely N-dealkylation sites (tertiary alicyclic amines) is 1. The maximum absolute atomic E-state index is 13.9. The fourth-order valence-electron chi connectivity index (χ4n) is 4.87. The SMILES string of the molecule is CC(NC(=O)[C@@H]1C[C@@H](O)CN1C(=O)[C@@H](n1cc(C2CC2)nn1)C(C)(C)C)c1cccc(S(=O)(=O)N(C)C)c1. The van der Waals surface area contributed by atoms with Gasteiger partial charge in [-0.3, -0.25) is 9.59 Å². The first-order valence-electron chi connectivity index (χ1n) is 12.9. The van der Waals surface area contributed by atoms with Gasteiger partial charge in [0.05, 0.1) is 22.7 Å². The maximum Gasteiger partial charge on any atom is 0.248 e. The van der Waals surface area contributed by atoms with Crippen LogP contribution in [0.5, 0.6) is 0 Å². The van der Waals surface area contributed by atoms with Crippen LogP contribution in [0.25, 0.3) is 0 Å². The topological polar surface area (TPSA) is 138 Å². The van der Waals surface area contributed by atoms with E-state index in [4.69, 9.17) is 0 Å². The Labute approximate surface area is 224 Å². The first-order valence-corrected chi connectivity index (χ1v) is 14.4. The summed E-state index contributed by atoms with van der Waals surface area (Å²) in [6, 6.07) is 4.31. The second kappa shape index (κ2) is 10.4. The van der Waals surface area contributed by atoms with Gasteiger partial charge in [0.15, 0.2) is 0 Å². The van der Waals surface area contributed by atoms with Crippen LogP contribution in [0, 0.1) is 5.41 Å². The molecule has 2 aromatic rings. The van der Waals surface area contributed by atoms with E-state index >= 15 is 0 Å². The Balaban J connectivity index is 1.54. The van der Waals surface area contributed by atoms with Gasteiger partial charge >= 0.3 is 0 Å². The van der Waals surface area contributed by atoms with E-state index in [2.05, 4.69) is 15.6 Å². The van der Waals surface area contributed by atoms with E-state index in [-0.39, 0.29) is 23.8 Å². The number of carbonyl (C=O) groups is 2.